The van der Waals surface area contributed by atoms with E-state index in [0.29, 0.717) is 17.9 Å². The molecule has 0 aliphatic carbocycles. The molecule has 1 amide bonds. The molecule has 1 fully saturated rings. The van der Waals surface area contributed by atoms with Crippen molar-refractivity contribution in [2.24, 2.45) is 0 Å². The van der Waals surface area contributed by atoms with Crippen LogP contribution in [0.25, 0.3) is 5.76 Å². The SMILES string of the molecule is CCCCOc1ccc(C(O)=C2C(=O)C(=O)N(Cc3cccnc3)[C@H]2c2ccc(Br)cc2)c(C)c1. The molecular weight excluding hydrogens is 508 g/mol. The molecule has 180 valence electrons. The Morgan fingerprint density at radius 1 is 1.14 bits per heavy atom. The zero-order valence-corrected chi connectivity index (χ0v) is 21.3. The van der Waals surface area contributed by atoms with Gasteiger partial charge in [0.25, 0.3) is 11.7 Å². The zero-order chi connectivity index (χ0) is 24.9. The summed E-state index contributed by atoms with van der Waals surface area (Å²) in [7, 11) is 0. The van der Waals surface area contributed by atoms with Crippen molar-refractivity contribution in [2.75, 3.05) is 6.61 Å². The summed E-state index contributed by atoms with van der Waals surface area (Å²) in [5, 5.41) is 11.4. The molecule has 7 heteroatoms. The minimum Gasteiger partial charge on any atom is -0.507 e. The first kappa shape index (κ1) is 24.7. The highest BCUT2D eigenvalue weighted by atomic mass is 79.9. The zero-order valence-electron chi connectivity index (χ0n) is 19.7. The van der Waals surface area contributed by atoms with E-state index in [-0.39, 0.29) is 17.9 Å². The molecule has 1 atom stereocenters. The quantitative estimate of drug-likeness (QED) is 0.167. The van der Waals surface area contributed by atoms with Gasteiger partial charge < -0.3 is 14.7 Å². The topological polar surface area (TPSA) is 79.7 Å². The average Bonchev–Trinajstić information content (AvgIpc) is 3.10. The fourth-order valence-corrected chi connectivity index (χ4v) is 4.46. The van der Waals surface area contributed by atoms with Crippen molar-refractivity contribution in [1.82, 2.24) is 9.88 Å². The second-order valence-electron chi connectivity index (χ2n) is 8.52. The number of aliphatic hydroxyl groups is 1. The summed E-state index contributed by atoms with van der Waals surface area (Å²) in [5.41, 5.74) is 2.85. The molecule has 1 aliphatic rings. The lowest BCUT2D eigenvalue weighted by Crippen LogP contribution is -2.29. The van der Waals surface area contributed by atoms with Crippen molar-refractivity contribution >= 4 is 33.4 Å². The fraction of sp³-hybridized carbons (Fsp3) is 0.250. The number of aryl methyl sites for hydroxylation is 1. The third kappa shape index (κ3) is 5.30. The first-order valence-corrected chi connectivity index (χ1v) is 12.4. The summed E-state index contributed by atoms with van der Waals surface area (Å²) in [6.45, 7) is 4.76. The number of nitrogens with zero attached hydrogens (tertiary/aromatic N) is 2. The van der Waals surface area contributed by atoms with E-state index in [1.807, 2.05) is 43.3 Å². The van der Waals surface area contributed by atoms with Gasteiger partial charge in [0.2, 0.25) is 0 Å². The Kier molecular flexibility index (Phi) is 7.66. The highest BCUT2D eigenvalue weighted by molar-refractivity contribution is 9.10. The van der Waals surface area contributed by atoms with Gasteiger partial charge in [-0.3, -0.25) is 14.6 Å². The van der Waals surface area contributed by atoms with Crippen molar-refractivity contribution < 1.29 is 19.4 Å². The summed E-state index contributed by atoms with van der Waals surface area (Å²) in [5.74, 6) is -0.848. The smallest absolute Gasteiger partial charge is 0.295 e. The number of hydrogen-bond acceptors (Lipinski definition) is 5. The van der Waals surface area contributed by atoms with Crippen LogP contribution < -0.4 is 4.74 Å². The number of benzene rings is 2. The number of ether oxygens (including phenoxy) is 1. The normalized spacial score (nSPS) is 17.1. The van der Waals surface area contributed by atoms with Crippen LogP contribution >= 0.6 is 15.9 Å². The van der Waals surface area contributed by atoms with Crippen LogP contribution in [0.15, 0.2) is 77.0 Å². The highest BCUT2D eigenvalue weighted by Crippen LogP contribution is 2.41. The number of rotatable bonds is 8. The van der Waals surface area contributed by atoms with Crippen LogP contribution in [0.3, 0.4) is 0 Å². The van der Waals surface area contributed by atoms with E-state index in [0.717, 1.165) is 34.0 Å². The molecule has 0 radical (unpaired) electrons. The third-order valence-electron chi connectivity index (χ3n) is 6.02. The van der Waals surface area contributed by atoms with Gasteiger partial charge in [-0.05, 0) is 66.4 Å². The Hall–Kier alpha value is -3.45. The molecule has 6 nitrogen and oxygen atoms in total. The number of unbranched alkanes of at least 4 members (excludes halogenated alkanes) is 1. The van der Waals surface area contributed by atoms with Gasteiger partial charge in [0.15, 0.2) is 0 Å². The Balaban J connectivity index is 1.78. The number of halogens is 1. The first-order valence-electron chi connectivity index (χ1n) is 11.6. The molecular formula is C28H27BrN2O4. The van der Waals surface area contributed by atoms with Gasteiger partial charge in [0.05, 0.1) is 18.2 Å². The number of Topliss-reactive ketones (excluding diaryl/α,β-unsaturated/α-hetero) is 1. The number of aliphatic hydroxyl groups excluding tert-OH is 1. The monoisotopic (exact) mass is 534 g/mol. The van der Waals surface area contributed by atoms with E-state index in [2.05, 4.69) is 27.8 Å². The highest BCUT2D eigenvalue weighted by Gasteiger charge is 2.46. The lowest BCUT2D eigenvalue weighted by atomic mass is 9.94. The molecule has 1 saturated heterocycles. The predicted molar refractivity (Wildman–Crippen MR) is 138 cm³/mol. The molecule has 2 aromatic carbocycles. The molecule has 1 aliphatic heterocycles. The van der Waals surface area contributed by atoms with Crippen LogP contribution in [0.4, 0.5) is 0 Å². The Morgan fingerprint density at radius 2 is 1.91 bits per heavy atom. The summed E-state index contributed by atoms with van der Waals surface area (Å²) in [6, 6.07) is 15.7. The maximum atomic E-state index is 13.3. The van der Waals surface area contributed by atoms with Gasteiger partial charge in [-0.1, -0.05) is 47.5 Å². The minimum absolute atomic E-state index is 0.0731. The maximum Gasteiger partial charge on any atom is 0.295 e. The molecule has 35 heavy (non-hydrogen) atoms. The van der Waals surface area contributed by atoms with E-state index < -0.39 is 17.7 Å². The van der Waals surface area contributed by atoms with E-state index in [4.69, 9.17) is 4.74 Å². The Labute approximate surface area is 213 Å². The van der Waals surface area contributed by atoms with Crippen molar-refractivity contribution in [3.8, 4) is 5.75 Å². The lowest BCUT2D eigenvalue weighted by molar-refractivity contribution is -0.140. The van der Waals surface area contributed by atoms with Gasteiger partial charge in [0.1, 0.15) is 11.5 Å². The molecule has 0 unspecified atom stereocenters. The summed E-state index contributed by atoms with van der Waals surface area (Å²) < 4.78 is 6.65. The Bertz CT molecular complexity index is 1260. The Morgan fingerprint density at radius 3 is 2.57 bits per heavy atom. The van der Waals surface area contributed by atoms with Crippen molar-refractivity contribution in [1.29, 1.82) is 0 Å². The van der Waals surface area contributed by atoms with Gasteiger partial charge in [0, 0.05) is 29.0 Å². The maximum absolute atomic E-state index is 13.3. The number of pyridine rings is 1. The molecule has 0 saturated carbocycles. The van der Waals surface area contributed by atoms with Crippen LogP contribution in [-0.4, -0.2) is 33.3 Å². The lowest BCUT2D eigenvalue weighted by Gasteiger charge is -2.25. The number of ketones is 1. The van der Waals surface area contributed by atoms with E-state index in [1.165, 1.54) is 4.90 Å². The van der Waals surface area contributed by atoms with Gasteiger partial charge in [-0.15, -0.1) is 0 Å². The van der Waals surface area contributed by atoms with Crippen LogP contribution in [0.1, 0.15) is 48.1 Å². The standard InChI is InChI=1S/C28H27BrN2O4/c1-3-4-14-35-22-11-12-23(18(2)15-22)26(32)24-25(20-7-9-21(29)10-8-20)31(28(34)27(24)33)17-19-6-5-13-30-16-19/h5-13,15-16,25,32H,3-4,14,17H2,1-2H3/t25-/m0/s1. The van der Waals surface area contributed by atoms with Crippen LogP contribution in [0, 0.1) is 6.92 Å². The second kappa shape index (κ2) is 10.9. The molecule has 0 bridgehead atoms. The second-order valence-corrected chi connectivity index (χ2v) is 9.43. The molecule has 1 aromatic heterocycles. The van der Waals surface area contributed by atoms with Crippen LogP contribution in [0.2, 0.25) is 0 Å². The first-order chi connectivity index (χ1) is 16.9. The average molecular weight is 535 g/mol. The molecule has 0 spiro atoms. The van der Waals surface area contributed by atoms with Gasteiger partial charge >= 0.3 is 0 Å². The fourth-order valence-electron chi connectivity index (χ4n) is 4.19. The van der Waals surface area contributed by atoms with E-state index in [1.54, 1.807) is 30.6 Å². The summed E-state index contributed by atoms with van der Waals surface area (Å²) in [4.78, 5) is 32.1. The summed E-state index contributed by atoms with van der Waals surface area (Å²) in [6.07, 6.45) is 5.31. The molecule has 3 aromatic rings. The van der Waals surface area contributed by atoms with E-state index >= 15 is 0 Å². The minimum atomic E-state index is -0.733. The van der Waals surface area contributed by atoms with Crippen molar-refractivity contribution in [2.45, 2.75) is 39.3 Å². The van der Waals surface area contributed by atoms with E-state index in [9.17, 15) is 14.7 Å². The number of carbonyl (C=O) groups is 2. The molecule has 1 N–H and O–H groups in total. The van der Waals surface area contributed by atoms with Crippen molar-refractivity contribution in [3.63, 3.8) is 0 Å². The van der Waals surface area contributed by atoms with Crippen LogP contribution in [-0.2, 0) is 16.1 Å². The van der Waals surface area contributed by atoms with Crippen LogP contribution in [0.5, 0.6) is 5.75 Å². The number of likely N-dealkylation sites (tertiary alicyclic amines) is 1. The van der Waals surface area contributed by atoms with Gasteiger partial charge in [-0.25, -0.2) is 0 Å². The number of amides is 1. The number of carbonyl (C=O) groups excluding carboxylic acids is 2. The summed E-state index contributed by atoms with van der Waals surface area (Å²) >= 11 is 3.44. The van der Waals surface area contributed by atoms with Crippen molar-refractivity contribution in [3.05, 3.63) is 99.3 Å². The number of aromatic nitrogens is 1. The number of hydrogen-bond donors (Lipinski definition) is 1. The predicted octanol–water partition coefficient (Wildman–Crippen LogP) is 5.95. The molecule has 4 rings (SSSR count). The largest absolute Gasteiger partial charge is 0.507 e. The molecule has 2 heterocycles. The van der Waals surface area contributed by atoms with Gasteiger partial charge in [-0.2, -0.15) is 0 Å². The third-order valence-corrected chi connectivity index (χ3v) is 6.55.